The molecular formula is C19H29NO3. The molecule has 23 heavy (non-hydrogen) atoms. The molecule has 1 rings (SSSR count). The van der Waals surface area contributed by atoms with Gasteiger partial charge in [-0.15, -0.1) is 0 Å². The normalized spacial score (nSPS) is 13.7. The van der Waals surface area contributed by atoms with Gasteiger partial charge in [0.05, 0.1) is 13.0 Å². The van der Waals surface area contributed by atoms with Crippen LogP contribution in [-0.4, -0.2) is 25.0 Å². The Morgan fingerprint density at radius 2 is 1.61 bits per heavy atom. The summed E-state index contributed by atoms with van der Waals surface area (Å²) in [5.41, 5.74) is 2.22. The number of hydrogen-bond acceptors (Lipinski definition) is 3. The van der Waals surface area contributed by atoms with Crippen molar-refractivity contribution in [2.45, 2.75) is 53.0 Å². The highest BCUT2D eigenvalue weighted by Gasteiger charge is 2.27. The van der Waals surface area contributed by atoms with Gasteiger partial charge in [-0.2, -0.15) is 0 Å². The second-order valence-corrected chi connectivity index (χ2v) is 6.81. The minimum Gasteiger partial charge on any atom is -0.467 e. The number of benzene rings is 1. The zero-order valence-corrected chi connectivity index (χ0v) is 15.1. The van der Waals surface area contributed by atoms with Gasteiger partial charge in [-0.1, -0.05) is 52.0 Å². The predicted octanol–water partition coefficient (Wildman–Crippen LogP) is 3.30. The van der Waals surface area contributed by atoms with E-state index in [4.69, 9.17) is 4.74 Å². The van der Waals surface area contributed by atoms with Crippen LogP contribution in [0.15, 0.2) is 24.3 Å². The molecule has 0 saturated heterocycles. The van der Waals surface area contributed by atoms with Gasteiger partial charge in [0.1, 0.15) is 6.04 Å². The van der Waals surface area contributed by atoms with Crippen LogP contribution in [0.5, 0.6) is 0 Å². The predicted molar refractivity (Wildman–Crippen MR) is 92.2 cm³/mol. The fraction of sp³-hybridized carbons (Fsp3) is 0.579. The fourth-order valence-corrected chi connectivity index (χ4v) is 2.47. The van der Waals surface area contributed by atoms with Crippen molar-refractivity contribution < 1.29 is 14.3 Å². The van der Waals surface area contributed by atoms with E-state index in [0.717, 1.165) is 12.0 Å². The second-order valence-electron chi connectivity index (χ2n) is 6.81. The maximum atomic E-state index is 12.4. The average Bonchev–Trinajstić information content (AvgIpc) is 2.50. The number of carbonyl (C=O) groups excluding carboxylic acids is 2. The summed E-state index contributed by atoms with van der Waals surface area (Å²) < 4.78 is 4.76. The minimum absolute atomic E-state index is 0.0213. The third kappa shape index (κ3) is 5.70. The number of nitrogens with one attached hydrogen (secondary N) is 1. The third-order valence-corrected chi connectivity index (χ3v) is 3.94. The van der Waals surface area contributed by atoms with Crippen molar-refractivity contribution in [3.63, 3.8) is 0 Å². The van der Waals surface area contributed by atoms with Crippen LogP contribution in [0.1, 0.15) is 51.7 Å². The molecule has 0 aliphatic carbocycles. The van der Waals surface area contributed by atoms with Crippen LogP contribution in [0.25, 0.3) is 0 Å². The summed E-state index contributed by atoms with van der Waals surface area (Å²) >= 11 is 0. The number of carbonyl (C=O) groups is 2. The molecule has 2 atom stereocenters. The maximum Gasteiger partial charge on any atom is 0.328 e. The quantitative estimate of drug-likeness (QED) is 0.785. The number of ether oxygens (including phenoxy) is 1. The van der Waals surface area contributed by atoms with Crippen molar-refractivity contribution in [3.05, 3.63) is 35.4 Å². The summed E-state index contributed by atoms with van der Waals surface area (Å²) in [5.74, 6) is -0.298. The smallest absolute Gasteiger partial charge is 0.328 e. The highest BCUT2D eigenvalue weighted by molar-refractivity contribution is 5.88. The number of amides is 1. The number of methoxy groups -OCH3 is 1. The van der Waals surface area contributed by atoms with Crippen molar-refractivity contribution in [2.75, 3.05) is 7.11 Å². The van der Waals surface area contributed by atoms with Crippen LogP contribution in [0.3, 0.4) is 0 Å². The first-order chi connectivity index (χ1) is 10.8. The van der Waals surface area contributed by atoms with Crippen LogP contribution in [0.2, 0.25) is 0 Å². The lowest BCUT2D eigenvalue weighted by Crippen LogP contribution is -2.46. The van der Waals surface area contributed by atoms with Crippen LogP contribution < -0.4 is 5.32 Å². The zero-order valence-electron chi connectivity index (χ0n) is 15.1. The van der Waals surface area contributed by atoms with E-state index in [1.54, 1.807) is 0 Å². The van der Waals surface area contributed by atoms with E-state index in [1.807, 2.05) is 32.9 Å². The number of rotatable bonds is 7. The van der Waals surface area contributed by atoms with E-state index in [2.05, 4.69) is 31.3 Å². The highest BCUT2D eigenvalue weighted by atomic mass is 16.5. The summed E-state index contributed by atoms with van der Waals surface area (Å²) in [6.45, 7) is 9.98. The van der Waals surface area contributed by atoms with Gasteiger partial charge in [0.15, 0.2) is 0 Å². The Labute approximate surface area is 139 Å². The standard InChI is InChI=1S/C19H29NO3/c1-12(2)11-15-7-9-16(10-8-15)14(5)18(21)20-17(13(3)4)19(22)23-6/h7-10,12-14,17H,11H2,1-6H3,(H,20,21)/t14-,17+/m1/s1. The van der Waals surface area contributed by atoms with Gasteiger partial charge in [0.2, 0.25) is 5.91 Å². The van der Waals surface area contributed by atoms with Crippen LogP contribution in [-0.2, 0) is 20.7 Å². The van der Waals surface area contributed by atoms with Crippen molar-refractivity contribution in [2.24, 2.45) is 11.8 Å². The van der Waals surface area contributed by atoms with Gasteiger partial charge in [0, 0.05) is 0 Å². The summed E-state index contributed by atoms with van der Waals surface area (Å²) in [6, 6.07) is 7.50. The Kier molecular flexibility index (Phi) is 7.27. The average molecular weight is 319 g/mol. The van der Waals surface area contributed by atoms with Crippen LogP contribution in [0, 0.1) is 11.8 Å². The van der Waals surface area contributed by atoms with Crippen molar-refractivity contribution >= 4 is 11.9 Å². The highest BCUT2D eigenvalue weighted by Crippen LogP contribution is 2.18. The van der Waals surface area contributed by atoms with E-state index in [1.165, 1.54) is 12.7 Å². The molecule has 0 saturated carbocycles. The SMILES string of the molecule is COC(=O)[C@@H](NC(=O)[C@H](C)c1ccc(CC(C)C)cc1)C(C)C. The van der Waals surface area contributed by atoms with E-state index >= 15 is 0 Å². The van der Waals surface area contributed by atoms with Crippen LogP contribution >= 0.6 is 0 Å². The zero-order chi connectivity index (χ0) is 17.6. The van der Waals surface area contributed by atoms with E-state index in [0.29, 0.717) is 5.92 Å². The van der Waals surface area contributed by atoms with Gasteiger partial charge in [0.25, 0.3) is 0 Å². The first-order valence-electron chi connectivity index (χ1n) is 8.23. The molecule has 1 aromatic rings. The third-order valence-electron chi connectivity index (χ3n) is 3.94. The summed E-state index contributed by atoms with van der Waals surface area (Å²) in [7, 11) is 1.33. The lowest BCUT2D eigenvalue weighted by atomic mass is 9.95. The van der Waals surface area contributed by atoms with Crippen molar-refractivity contribution in [1.82, 2.24) is 5.32 Å². The molecule has 0 radical (unpaired) electrons. The van der Waals surface area contributed by atoms with E-state index in [9.17, 15) is 9.59 Å². The number of esters is 1. The molecule has 0 aliphatic heterocycles. The summed E-state index contributed by atoms with van der Waals surface area (Å²) in [4.78, 5) is 24.2. The molecule has 1 N–H and O–H groups in total. The Morgan fingerprint density at radius 1 is 1.04 bits per heavy atom. The molecule has 0 spiro atoms. The monoisotopic (exact) mass is 319 g/mol. The largest absolute Gasteiger partial charge is 0.467 e. The Balaban J connectivity index is 2.77. The minimum atomic E-state index is -0.616. The molecule has 0 aliphatic rings. The molecule has 4 nitrogen and oxygen atoms in total. The molecule has 0 fully saturated rings. The maximum absolute atomic E-state index is 12.4. The molecule has 0 aromatic heterocycles. The molecule has 1 aromatic carbocycles. The summed E-state index contributed by atoms with van der Waals surface area (Å²) in [6.07, 6.45) is 1.03. The number of hydrogen-bond donors (Lipinski definition) is 1. The lowest BCUT2D eigenvalue weighted by Gasteiger charge is -2.22. The molecule has 0 unspecified atom stereocenters. The van der Waals surface area contributed by atoms with E-state index < -0.39 is 12.0 Å². The summed E-state index contributed by atoms with van der Waals surface area (Å²) in [5, 5.41) is 2.80. The Bertz CT molecular complexity index is 520. The van der Waals surface area contributed by atoms with E-state index in [-0.39, 0.29) is 17.7 Å². The first-order valence-corrected chi connectivity index (χ1v) is 8.23. The molecule has 1 amide bonds. The first kappa shape index (κ1) is 19.2. The van der Waals surface area contributed by atoms with Crippen molar-refractivity contribution in [1.29, 1.82) is 0 Å². The van der Waals surface area contributed by atoms with Gasteiger partial charge in [-0.25, -0.2) is 4.79 Å². The molecular weight excluding hydrogens is 290 g/mol. The molecule has 128 valence electrons. The Hall–Kier alpha value is -1.84. The van der Waals surface area contributed by atoms with Crippen molar-refractivity contribution in [3.8, 4) is 0 Å². The van der Waals surface area contributed by atoms with Gasteiger partial charge < -0.3 is 10.1 Å². The fourth-order valence-electron chi connectivity index (χ4n) is 2.47. The molecule has 0 heterocycles. The Morgan fingerprint density at radius 3 is 2.04 bits per heavy atom. The second kappa shape index (κ2) is 8.70. The van der Waals surface area contributed by atoms with Gasteiger partial charge >= 0.3 is 5.97 Å². The topological polar surface area (TPSA) is 55.4 Å². The molecule has 4 heteroatoms. The van der Waals surface area contributed by atoms with Gasteiger partial charge in [-0.3, -0.25) is 4.79 Å². The van der Waals surface area contributed by atoms with Crippen LogP contribution in [0.4, 0.5) is 0 Å². The molecule has 0 bridgehead atoms. The lowest BCUT2D eigenvalue weighted by molar-refractivity contribution is -0.146. The van der Waals surface area contributed by atoms with Gasteiger partial charge in [-0.05, 0) is 36.3 Å².